The van der Waals surface area contributed by atoms with Gasteiger partial charge in [0, 0.05) is 11.6 Å². The Morgan fingerprint density at radius 3 is 2.43 bits per heavy atom. The van der Waals surface area contributed by atoms with Gasteiger partial charge in [-0.2, -0.15) is 18.3 Å². The normalized spacial score (nSPS) is 12.7. The van der Waals surface area contributed by atoms with Crippen molar-refractivity contribution in [3.05, 3.63) is 106 Å². The van der Waals surface area contributed by atoms with E-state index in [9.17, 15) is 22.8 Å². The van der Waals surface area contributed by atoms with Crippen LogP contribution < -0.4 is 10.9 Å². The van der Waals surface area contributed by atoms with E-state index in [0.717, 1.165) is 28.5 Å². The third-order valence-electron chi connectivity index (χ3n) is 5.85. The van der Waals surface area contributed by atoms with Crippen LogP contribution in [-0.2, 0) is 6.18 Å². The van der Waals surface area contributed by atoms with Crippen LogP contribution in [0.15, 0.2) is 83.8 Å². The molecular weight excluding hydrogens is 457 g/mol. The van der Waals surface area contributed by atoms with Crippen molar-refractivity contribution in [2.24, 2.45) is 0 Å². The number of amides is 1. The average Bonchev–Trinajstić information content (AvgIpc) is 3.28. The topological polar surface area (TPSA) is 79.3 Å². The predicted octanol–water partition coefficient (Wildman–Crippen LogP) is 5.35. The van der Waals surface area contributed by atoms with Gasteiger partial charge in [-0.1, -0.05) is 48.5 Å². The molecule has 2 N–H and O–H groups in total. The van der Waals surface area contributed by atoms with E-state index < -0.39 is 29.2 Å². The molecule has 35 heavy (non-hydrogen) atoms. The van der Waals surface area contributed by atoms with Gasteiger partial charge in [-0.25, -0.2) is 4.52 Å². The van der Waals surface area contributed by atoms with E-state index in [4.69, 9.17) is 0 Å². The second-order valence-corrected chi connectivity index (χ2v) is 8.23. The highest BCUT2D eigenvalue weighted by molar-refractivity contribution is 5.94. The van der Waals surface area contributed by atoms with E-state index in [0.29, 0.717) is 11.3 Å². The Kier molecular flexibility index (Phi) is 5.39. The lowest BCUT2D eigenvalue weighted by Crippen LogP contribution is -2.27. The molecule has 2 heterocycles. The van der Waals surface area contributed by atoms with Gasteiger partial charge in [0.1, 0.15) is 5.52 Å². The molecule has 2 aromatic heterocycles. The molecule has 176 valence electrons. The van der Waals surface area contributed by atoms with Crippen LogP contribution in [0.4, 0.5) is 13.2 Å². The lowest BCUT2D eigenvalue weighted by atomic mass is 10.1. The summed E-state index contributed by atoms with van der Waals surface area (Å²) in [5.74, 6) is -0.548. The number of halogens is 3. The number of benzene rings is 3. The Labute approximate surface area is 197 Å². The van der Waals surface area contributed by atoms with Crippen LogP contribution in [0.3, 0.4) is 0 Å². The van der Waals surface area contributed by atoms with Crippen molar-refractivity contribution in [2.75, 3.05) is 0 Å². The summed E-state index contributed by atoms with van der Waals surface area (Å²) in [6.07, 6.45) is -2.79. The third-order valence-corrected chi connectivity index (χ3v) is 5.85. The maximum atomic E-state index is 12.8. The number of aromatic nitrogens is 3. The van der Waals surface area contributed by atoms with Crippen LogP contribution in [0.2, 0.25) is 0 Å². The summed E-state index contributed by atoms with van der Waals surface area (Å²) in [6.45, 7) is 1.65. The highest BCUT2D eigenvalue weighted by atomic mass is 19.4. The first kappa shape index (κ1) is 22.4. The number of H-pyrrole nitrogens is 1. The number of rotatable bonds is 4. The molecule has 0 aliphatic rings. The Balaban J connectivity index is 1.40. The van der Waals surface area contributed by atoms with E-state index in [1.54, 1.807) is 13.1 Å². The number of fused-ring (bicyclic) bond motifs is 2. The maximum Gasteiger partial charge on any atom is 0.416 e. The number of nitrogens with zero attached hydrogens (tertiary/aromatic N) is 2. The number of carbonyl (C=O) groups is 1. The van der Waals surface area contributed by atoms with Crippen LogP contribution >= 0.6 is 0 Å². The van der Waals surface area contributed by atoms with Gasteiger partial charge in [0.15, 0.2) is 5.69 Å². The summed E-state index contributed by atoms with van der Waals surface area (Å²) in [6, 6.07) is 19.0. The number of carbonyl (C=O) groups excluding carboxylic acids is 1. The molecule has 0 spiro atoms. The van der Waals surface area contributed by atoms with Crippen molar-refractivity contribution < 1.29 is 18.0 Å². The van der Waals surface area contributed by atoms with Crippen molar-refractivity contribution in [1.82, 2.24) is 19.9 Å². The maximum absolute atomic E-state index is 12.8. The Morgan fingerprint density at radius 1 is 1.00 bits per heavy atom. The second-order valence-electron chi connectivity index (χ2n) is 8.23. The molecule has 0 saturated carbocycles. The van der Waals surface area contributed by atoms with Crippen molar-refractivity contribution >= 4 is 22.2 Å². The van der Waals surface area contributed by atoms with E-state index in [-0.39, 0.29) is 11.2 Å². The average molecular weight is 476 g/mol. The molecule has 1 amide bonds. The zero-order valence-corrected chi connectivity index (χ0v) is 18.4. The molecule has 9 heteroatoms. The van der Waals surface area contributed by atoms with Crippen molar-refractivity contribution in [2.45, 2.75) is 19.1 Å². The van der Waals surface area contributed by atoms with Gasteiger partial charge < -0.3 is 10.3 Å². The lowest BCUT2D eigenvalue weighted by Gasteiger charge is -2.14. The fourth-order valence-corrected chi connectivity index (χ4v) is 3.93. The number of aromatic amines is 1. The minimum Gasteiger partial charge on any atom is -0.344 e. The zero-order valence-electron chi connectivity index (χ0n) is 18.4. The molecule has 6 nitrogen and oxygen atoms in total. The Hall–Kier alpha value is -4.40. The van der Waals surface area contributed by atoms with Crippen LogP contribution in [0.5, 0.6) is 0 Å². The molecule has 5 rings (SSSR count). The summed E-state index contributed by atoms with van der Waals surface area (Å²) >= 11 is 0. The number of nitrogens with one attached hydrogen (secondary N) is 2. The molecule has 0 aliphatic carbocycles. The lowest BCUT2D eigenvalue weighted by molar-refractivity contribution is -0.137. The largest absolute Gasteiger partial charge is 0.416 e. The van der Waals surface area contributed by atoms with Crippen LogP contribution in [-0.4, -0.2) is 20.5 Å². The minimum atomic E-state index is -4.43. The molecule has 3 aromatic carbocycles. The quantitative estimate of drug-likeness (QED) is 0.367. The van der Waals surface area contributed by atoms with Gasteiger partial charge in [-0.3, -0.25) is 9.59 Å². The summed E-state index contributed by atoms with van der Waals surface area (Å²) in [5, 5.41) is 9.05. The summed E-state index contributed by atoms with van der Waals surface area (Å²) < 4.78 is 39.7. The Bertz CT molecular complexity index is 1620. The number of hydrogen-bond acceptors (Lipinski definition) is 3. The summed E-state index contributed by atoms with van der Waals surface area (Å²) in [4.78, 5) is 28.3. The van der Waals surface area contributed by atoms with E-state index >= 15 is 0 Å². The van der Waals surface area contributed by atoms with E-state index in [1.807, 2.05) is 42.5 Å². The van der Waals surface area contributed by atoms with Gasteiger partial charge in [-0.15, -0.1) is 0 Å². The zero-order chi connectivity index (χ0) is 24.7. The van der Waals surface area contributed by atoms with Gasteiger partial charge >= 0.3 is 6.18 Å². The molecule has 0 radical (unpaired) electrons. The minimum absolute atomic E-state index is 0.0184. The van der Waals surface area contributed by atoms with E-state index in [2.05, 4.69) is 15.4 Å². The number of hydrogen-bond donors (Lipinski definition) is 2. The molecule has 0 unspecified atom stereocenters. The SMILES string of the molecule is C[C@@H](NC(=O)c1cc2c(=O)[nH]c(-c3ccc4ccccc4c3)cn2n1)c1ccc(C(F)(F)F)cc1. The first-order valence-electron chi connectivity index (χ1n) is 10.8. The van der Waals surface area contributed by atoms with E-state index in [1.165, 1.54) is 22.7 Å². The van der Waals surface area contributed by atoms with Crippen LogP contribution in [0, 0.1) is 0 Å². The monoisotopic (exact) mass is 476 g/mol. The fourth-order valence-electron chi connectivity index (χ4n) is 3.93. The summed E-state index contributed by atoms with van der Waals surface area (Å²) in [7, 11) is 0. The molecule has 0 fully saturated rings. The highest BCUT2D eigenvalue weighted by Gasteiger charge is 2.30. The van der Waals surface area contributed by atoms with Gasteiger partial charge in [0.25, 0.3) is 11.5 Å². The third kappa shape index (κ3) is 4.40. The standard InChI is InChI=1S/C26H19F3N4O2/c1-15(16-8-10-20(11-9-16)26(27,28)29)30-24(34)21-13-23-25(35)31-22(14-33(23)32-21)19-7-6-17-4-2-3-5-18(17)12-19/h2-15H,1H3,(H,30,34)(H,31,35)/t15-/m1/s1. The summed E-state index contributed by atoms with van der Waals surface area (Å²) in [5.41, 5.74) is 0.888. The molecule has 0 bridgehead atoms. The van der Waals surface area contributed by atoms with Crippen molar-refractivity contribution in [3.63, 3.8) is 0 Å². The molecular formula is C26H19F3N4O2. The predicted molar refractivity (Wildman–Crippen MR) is 126 cm³/mol. The second kappa shape index (κ2) is 8.43. The van der Waals surface area contributed by atoms with Gasteiger partial charge in [0.2, 0.25) is 0 Å². The Morgan fingerprint density at radius 2 is 1.71 bits per heavy atom. The first-order valence-corrected chi connectivity index (χ1v) is 10.8. The van der Waals surface area contributed by atoms with Crippen molar-refractivity contribution in [1.29, 1.82) is 0 Å². The molecule has 0 saturated heterocycles. The molecule has 0 aliphatic heterocycles. The van der Waals surface area contributed by atoms with Gasteiger partial charge in [-0.05, 0) is 41.5 Å². The van der Waals surface area contributed by atoms with Gasteiger partial charge in [0.05, 0.1) is 23.5 Å². The fraction of sp³-hybridized carbons (Fsp3) is 0.115. The van der Waals surface area contributed by atoms with Crippen molar-refractivity contribution in [3.8, 4) is 11.3 Å². The molecule has 5 aromatic rings. The smallest absolute Gasteiger partial charge is 0.344 e. The number of alkyl halides is 3. The van der Waals surface area contributed by atoms with Crippen LogP contribution in [0.25, 0.3) is 27.5 Å². The first-order chi connectivity index (χ1) is 16.7. The highest BCUT2D eigenvalue weighted by Crippen LogP contribution is 2.30. The molecule has 1 atom stereocenters. The van der Waals surface area contributed by atoms with Crippen LogP contribution in [0.1, 0.15) is 34.6 Å².